The van der Waals surface area contributed by atoms with E-state index in [0.29, 0.717) is 16.0 Å². The van der Waals surface area contributed by atoms with Gasteiger partial charge in [-0.05, 0) is 42.5 Å². The predicted octanol–water partition coefficient (Wildman–Crippen LogP) is 5.98. The van der Waals surface area contributed by atoms with Crippen molar-refractivity contribution in [1.29, 1.82) is 0 Å². The molecule has 0 unspecified atom stereocenters. The molecule has 25 heavy (non-hydrogen) atoms. The minimum atomic E-state index is -4.76. The number of aromatic amines is 1. The van der Waals surface area contributed by atoms with Crippen LogP contribution in [0.5, 0.6) is 5.75 Å². The van der Waals surface area contributed by atoms with E-state index in [1.807, 2.05) is 13.8 Å². The van der Waals surface area contributed by atoms with Gasteiger partial charge < -0.3 is 9.72 Å². The number of nitrogens with one attached hydrogen (secondary N) is 1. The van der Waals surface area contributed by atoms with Crippen molar-refractivity contribution in [3.05, 3.63) is 64.8 Å². The van der Waals surface area contributed by atoms with Gasteiger partial charge in [0.1, 0.15) is 5.75 Å². The lowest BCUT2D eigenvalue weighted by molar-refractivity contribution is -0.274. The van der Waals surface area contributed by atoms with Crippen LogP contribution in [0.2, 0.25) is 5.02 Å². The Morgan fingerprint density at radius 1 is 1.08 bits per heavy atom. The molecule has 3 rings (SSSR count). The maximum absolute atomic E-state index is 12.5. The predicted molar refractivity (Wildman–Crippen MR) is 91.2 cm³/mol. The van der Waals surface area contributed by atoms with E-state index in [1.165, 1.54) is 12.1 Å². The summed E-state index contributed by atoms with van der Waals surface area (Å²) in [5.74, 6) is -0.701. The molecular weight excluding hydrogens is 355 g/mol. The van der Waals surface area contributed by atoms with Crippen LogP contribution in [0.1, 0.15) is 29.8 Å². The first-order valence-corrected chi connectivity index (χ1v) is 7.88. The van der Waals surface area contributed by atoms with Crippen LogP contribution in [0.15, 0.2) is 48.7 Å². The molecule has 1 heterocycles. The highest BCUT2D eigenvalue weighted by molar-refractivity contribution is 6.31. The van der Waals surface area contributed by atoms with E-state index < -0.39 is 6.36 Å². The second-order valence-electron chi connectivity index (χ2n) is 4.79. The van der Waals surface area contributed by atoms with E-state index in [4.69, 9.17) is 11.6 Å². The fraction of sp³-hybridized carbons (Fsp3) is 0.167. The number of H-pyrrole nitrogens is 1. The molecule has 0 spiro atoms. The van der Waals surface area contributed by atoms with Gasteiger partial charge in [0.15, 0.2) is 5.78 Å². The molecule has 0 saturated heterocycles. The molecule has 0 radical (unpaired) electrons. The number of hydrogen-bond donors (Lipinski definition) is 1. The van der Waals surface area contributed by atoms with Gasteiger partial charge in [-0.15, -0.1) is 13.2 Å². The zero-order valence-electron chi connectivity index (χ0n) is 13.4. The van der Waals surface area contributed by atoms with Gasteiger partial charge in [0.25, 0.3) is 0 Å². The number of benzene rings is 2. The van der Waals surface area contributed by atoms with Gasteiger partial charge in [0, 0.05) is 33.2 Å². The highest BCUT2D eigenvalue weighted by Crippen LogP contribution is 2.26. The second-order valence-corrected chi connectivity index (χ2v) is 5.23. The lowest BCUT2D eigenvalue weighted by Gasteiger charge is -2.08. The number of aromatic nitrogens is 1. The summed E-state index contributed by atoms with van der Waals surface area (Å²) < 4.78 is 40.2. The van der Waals surface area contributed by atoms with Crippen molar-refractivity contribution in [2.75, 3.05) is 0 Å². The average Bonchev–Trinajstić information content (AvgIpc) is 2.98. The van der Waals surface area contributed by atoms with Gasteiger partial charge in [-0.25, -0.2) is 0 Å². The molecule has 2 aromatic carbocycles. The molecular formula is C18H15ClF3NO2. The van der Waals surface area contributed by atoms with E-state index in [0.717, 1.165) is 17.6 Å². The van der Waals surface area contributed by atoms with Gasteiger partial charge in [0.2, 0.25) is 0 Å². The van der Waals surface area contributed by atoms with E-state index >= 15 is 0 Å². The van der Waals surface area contributed by atoms with E-state index in [2.05, 4.69) is 9.72 Å². The number of fused-ring (bicyclic) bond motifs is 1. The summed E-state index contributed by atoms with van der Waals surface area (Å²) in [5, 5.41) is 1.14. The number of ketones is 1. The zero-order chi connectivity index (χ0) is 18.6. The standard InChI is InChI=1S/C16H9ClF3NO2.C2H6/c17-10-3-6-14-12(7-10)13(8-21-14)15(22)9-1-4-11(5-2-9)23-16(18,19)20;1-2/h1-8,21H;1-2H3. The molecule has 0 aliphatic heterocycles. The monoisotopic (exact) mass is 369 g/mol. The SMILES string of the molecule is CC.O=C(c1ccc(OC(F)(F)F)cc1)c1c[nH]c2ccc(Cl)cc12. The highest BCUT2D eigenvalue weighted by atomic mass is 35.5. The number of carbonyl (C=O) groups excluding carboxylic acids is 1. The van der Waals surface area contributed by atoms with Gasteiger partial charge in [0.05, 0.1) is 0 Å². The van der Waals surface area contributed by atoms with Crippen molar-refractivity contribution in [2.24, 2.45) is 0 Å². The molecule has 7 heteroatoms. The Hall–Kier alpha value is -2.47. The smallest absolute Gasteiger partial charge is 0.406 e. The van der Waals surface area contributed by atoms with Gasteiger partial charge in [-0.2, -0.15) is 0 Å². The first kappa shape index (κ1) is 18.9. The minimum Gasteiger partial charge on any atom is -0.406 e. The van der Waals surface area contributed by atoms with E-state index in [9.17, 15) is 18.0 Å². The van der Waals surface area contributed by atoms with Crippen molar-refractivity contribution in [3.63, 3.8) is 0 Å². The largest absolute Gasteiger partial charge is 0.573 e. The van der Waals surface area contributed by atoms with Crippen molar-refractivity contribution in [1.82, 2.24) is 4.98 Å². The van der Waals surface area contributed by atoms with Crippen LogP contribution in [0.3, 0.4) is 0 Å². The van der Waals surface area contributed by atoms with Crippen molar-refractivity contribution >= 4 is 28.3 Å². The van der Waals surface area contributed by atoms with Crippen LogP contribution in [0.4, 0.5) is 13.2 Å². The van der Waals surface area contributed by atoms with Crippen LogP contribution >= 0.6 is 11.6 Å². The maximum atomic E-state index is 12.5. The van der Waals surface area contributed by atoms with Crippen LogP contribution in [-0.4, -0.2) is 17.1 Å². The molecule has 0 saturated carbocycles. The molecule has 0 atom stereocenters. The van der Waals surface area contributed by atoms with Gasteiger partial charge in [-0.1, -0.05) is 25.4 Å². The van der Waals surface area contributed by atoms with Crippen molar-refractivity contribution < 1.29 is 22.7 Å². The van der Waals surface area contributed by atoms with Crippen LogP contribution < -0.4 is 4.74 Å². The molecule has 0 amide bonds. The molecule has 1 N–H and O–H groups in total. The molecule has 0 aliphatic carbocycles. The second kappa shape index (κ2) is 7.61. The van der Waals surface area contributed by atoms with Crippen LogP contribution in [0, 0.1) is 0 Å². The van der Waals surface area contributed by atoms with Crippen molar-refractivity contribution in [2.45, 2.75) is 20.2 Å². The number of rotatable bonds is 3. The molecule has 132 valence electrons. The summed E-state index contributed by atoms with van der Waals surface area (Å²) >= 11 is 5.93. The molecule has 0 fully saturated rings. The van der Waals surface area contributed by atoms with Crippen molar-refractivity contribution in [3.8, 4) is 5.75 Å². The quantitative estimate of drug-likeness (QED) is 0.577. The summed E-state index contributed by atoms with van der Waals surface area (Å²) in [6, 6.07) is 9.86. The number of halogens is 4. The molecule has 3 nitrogen and oxygen atoms in total. The highest BCUT2D eigenvalue weighted by Gasteiger charge is 2.31. The maximum Gasteiger partial charge on any atom is 0.573 e. The first-order valence-electron chi connectivity index (χ1n) is 7.51. The third kappa shape index (κ3) is 4.54. The first-order chi connectivity index (χ1) is 11.8. The molecule has 3 aromatic rings. The number of alkyl halides is 3. The fourth-order valence-electron chi connectivity index (χ4n) is 2.24. The normalized spacial score (nSPS) is 11.0. The third-order valence-electron chi connectivity index (χ3n) is 3.24. The number of ether oxygens (including phenoxy) is 1. The average molecular weight is 370 g/mol. The number of carbonyl (C=O) groups is 1. The third-order valence-corrected chi connectivity index (χ3v) is 3.47. The number of hydrogen-bond acceptors (Lipinski definition) is 2. The Balaban J connectivity index is 0.00000109. The minimum absolute atomic E-state index is 0.250. The molecule has 1 aromatic heterocycles. The topological polar surface area (TPSA) is 42.1 Å². The molecule has 0 aliphatic rings. The Morgan fingerprint density at radius 2 is 1.72 bits per heavy atom. The lowest BCUT2D eigenvalue weighted by Crippen LogP contribution is -2.17. The summed E-state index contributed by atoms with van der Waals surface area (Å²) in [6.07, 6.45) is -3.22. The summed E-state index contributed by atoms with van der Waals surface area (Å²) in [4.78, 5) is 15.5. The Morgan fingerprint density at radius 3 is 2.32 bits per heavy atom. The van der Waals surface area contributed by atoms with Gasteiger partial charge in [-0.3, -0.25) is 4.79 Å². The summed E-state index contributed by atoms with van der Waals surface area (Å²) in [6.45, 7) is 4.00. The Kier molecular flexibility index (Phi) is 5.74. The van der Waals surface area contributed by atoms with E-state index in [1.54, 1.807) is 24.4 Å². The van der Waals surface area contributed by atoms with E-state index in [-0.39, 0.29) is 17.1 Å². The lowest BCUT2D eigenvalue weighted by atomic mass is 10.0. The summed E-state index contributed by atoms with van der Waals surface area (Å²) in [7, 11) is 0. The summed E-state index contributed by atoms with van der Waals surface area (Å²) in [5.41, 5.74) is 1.39. The van der Waals surface area contributed by atoms with Crippen LogP contribution in [-0.2, 0) is 0 Å². The van der Waals surface area contributed by atoms with Crippen LogP contribution in [0.25, 0.3) is 10.9 Å². The fourth-order valence-corrected chi connectivity index (χ4v) is 2.42. The Bertz CT molecular complexity index is 870. The zero-order valence-corrected chi connectivity index (χ0v) is 14.2. The molecule has 0 bridgehead atoms. The Labute approximate surface area is 147 Å². The van der Waals surface area contributed by atoms with Gasteiger partial charge >= 0.3 is 6.36 Å².